The summed E-state index contributed by atoms with van der Waals surface area (Å²) in [6.45, 7) is 0. The van der Waals surface area contributed by atoms with Gasteiger partial charge in [0.15, 0.2) is 11.5 Å². The van der Waals surface area contributed by atoms with Crippen LogP contribution in [-0.2, 0) is 6.42 Å². The number of rotatable bonds is 5. The lowest BCUT2D eigenvalue weighted by atomic mass is 10.1. The maximum absolute atomic E-state index is 12.1. The molecule has 3 rings (SSSR count). The van der Waals surface area contributed by atoms with Gasteiger partial charge in [-0.2, -0.15) is 5.21 Å². The highest BCUT2D eigenvalue weighted by Gasteiger charge is 2.11. The molecule has 1 aromatic carbocycles. The van der Waals surface area contributed by atoms with Crippen LogP contribution in [0, 0.1) is 0 Å². The van der Waals surface area contributed by atoms with E-state index in [0.29, 0.717) is 11.3 Å². The summed E-state index contributed by atoms with van der Waals surface area (Å²) in [6.07, 6.45) is 1.80. The van der Waals surface area contributed by atoms with Crippen molar-refractivity contribution >= 4 is 28.6 Å². The Hall–Kier alpha value is -3.00. The van der Waals surface area contributed by atoms with Crippen molar-refractivity contribution in [3.63, 3.8) is 0 Å². The number of carbonyl (C=O) groups is 1. The summed E-state index contributed by atoms with van der Waals surface area (Å²) in [5, 5.41) is 24.4. The molecule has 0 aliphatic carbocycles. The average molecular weight is 327 g/mol. The van der Waals surface area contributed by atoms with Gasteiger partial charge in [-0.1, -0.05) is 12.1 Å². The zero-order valence-electron chi connectivity index (χ0n) is 11.9. The molecule has 0 unspecified atom stereocenters. The average Bonchev–Trinajstić information content (AvgIpc) is 3.21. The van der Waals surface area contributed by atoms with Crippen LogP contribution in [0.1, 0.15) is 26.6 Å². The number of hydrogen-bond donors (Lipinski definition) is 3. The van der Waals surface area contributed by atoms with Crippen LogP contribution >= 0.6 is 11.3 Å². The number of anilines is 1. The fourth-order valence-corrected chi connectivity index (χ4v) is 2.82. The number of aromatic nitrogens is 4. The van der Waals surface area contributed by atoms with Gasteiger partial charge in [-0.15, -0.1) is 21.5 Å². The van der Waals surface area contributed by atoms with E-state index in [4.69, 9.17) is 5.73 Å². The topological polar surface area (TPSA) is 118 Å². The molecule has 116 valence electrons. The SMILES string of the molecule is Nc1ccc(Cc2csc(C(=O)C=C(O)c3nn[nH]n3)c2)cc1. The standard InChI is InChI=1S/C15H13N5O2S/c16-11-3-1-9(2-4-11)5-10-6-14(23-8-10)12(21)7-13(22)15-17-19-20-18-15/h1-4,6-8,22H,5,16H2,(H,17,18,19,20). The molecule has 8 heteroatoms. The molecule has 23 heavy (non-hydrogen) atoms. The van der Waals surface area contributed by atoms with Crippen LogP contribution in [0.5, 0.6) is 0 Å². The van der Waals surface area contributed by atoms with Gasteiger partial charge in [0.25, 0.3) is 0 Å². The molecule has 7 nitrogen and oxygen atoms in total. The number of nitrogens with one attached hydrogen (secondary N) is 1. The van der Waals surface area contributed by atoms with Gasteiger partial charge in [0.1, 0.15) is 0 Å². The van der Waals surface area contributed by atoms with Crippen molar-refractivity contribution in [2.24, 2.45) is 0 Å². The van der Waals surface area contributed by atoms with E-state index in [1.807, 2.05) is 35.7 Å². The van der Waals surface area contributed by atoms with Crippen LogP contribution in [0.4, 0.5) is 5.69 Å². The third kappa shape index (κ3) is 3.61. The molecule has 0 aliphatic rings. The summed E-state index contributed by atoms with van der Waals surface area (Å²) in [5.41, 5.74) is 8.52. The number of carbonyl (C=O) groups excluding carboxylic acids is 1. The minimum atomic E-state index is -0.322. The Balaban J connectivity index is 1.72. The van der Waals surface area contributed by atoms with Crippen LogP contribution in [0.3, 0.4) is 0 Å². The second-order valence-electron chi connectivity index (χ2n) is 4.87. The monoisotopic (exact) mass is 327 g/mol. The molecule has 2 aromatic heterocycles. The maximum Gasteiger partial charge on any atom is 0.239 e. The fraction of sp³-hybridized carbons (Fsp3) is 0.0667. The number of nitrogen functional groups attached to an aromatic ring is 1. The highest BCUT2D eigenvalue weighted by atomic mass is 32.1. The van der Waals surface area contributed by atoms with E-state index in [-0.39, 0.29) is 17.4 Å². The van der Waals surface area contributed by atoms with Gasteiger partial charge in [-0.25, -0.2) is 0 Å². The molecule has 0 saturated carbocycles. The van der Waals surface area contributed by atoms with E-state index in [0.717, 1.165) is 22.9 Å². The first-order valence-electron chi connectivity index (χ1n) is 6.72. The number of tetrazole rings is 1. The van der Waals surface area contributed by atoms with Crippen LogP contribution in [0.25, 0.3) is 5.76 Å². The molecule has 4 N–H and O–H groups in total. The van der Waals surface area contributed by atoms with Crippen LogP contribution in [0.2, 0.25) is 0 Å². The lowest BCUT2D eigenvalue weighted by Gasteiger charge is -1.99. The molecule has 0 radical (unpaired) electrons. The Kier molecular flexibility index (Phi) is 4.15. The number of hydrogen-bond acceptors (Lipinski definition) is 7. The number of aliphatic hydroxyl groups is 1. The highest BCUT2D eigenvalue weighted by molar-refractivity contribution is 7.12. The van der Waals surface area contributed by atoms with Gasteiger partial charge in [0.05, 0.1) is 4.88 Å². The van der Waals surface area contributed by atoms with Crippen LogP contribution in [-0.4, -0.2) is 31.5 Å². The number of nitrogens with two attached hydrogens (primary N) is 1. The van der Waals surface area contributed by atoms with Gasteiger partial charge in [-0.05, 0) is 46.3 Å². The number of aromatic amines is 1. The third-order valence-electron chi connectivity index (χ3n) is 3.13. The summed E-state index contributed by atoms with van der Waals surface area (Å²) in [4.78, 5) is 12.7. The molecule has 2 heterocycles. The van der Waals surface area contributed by atoms with E-state index in [9.17, 15) is 9.90 Å². The molecule has 0 fully saturated rings. The number of benzene rings is 1. The molecule has 0 atom stereocenters. The lowest BCUT2D eigenvalue weighted by molar-refractivity contribution is 0.104. The van der Waals surface area contributed by atoms with Crippen molar-refractivity contribution in [2.45, 2.75) is 6.42 Å². The van der Waals surface area contributed by atoms with Crippen molar-refractivity contribution in [1.82, 2.24) is 20.6 Å². The van der Waals surface area contributed by atoms with Crippen molar-refractivity contribution < 1.29 is 9.90 Å². The Morgan fingerprint density at radius 2 is 2.09 bits per heavy atom. The van der Waals surface area contributed by atoms with Gasteiger partial charge < -0.3 is 10.8 Å². The number of ketones is 1. The molecule has 0 saturated heterocycles. The van der Waals surface area contributed by atoms with Crippen LogP contribution < -0.4 is 5.73 Å². The Morgan fingerprint density at radius 1 is 1.30 bits per heavy atom. The van der Waals surface area contributed by atoms with Crippen LogP contribution in [0.15, 0.2) is 41.8 Å². The first kappa shape index (κ1) is 14.9. The van der Waals surface area contributed by atoms with E-state index in [1.54, 1.807) is 0 Å². The van der Waals surface area contributed by atoms with Crippen molar-refractivity contribution in [1.29, 1.82) is 0 Å². The highest BCUT2D eigenvalue weighted by Crippen LogP contribution is 2.20. The summed E-state index contributed by atoms with van der Waals surface area (Å²) in [5.74, 6) is -0.643. The summed E-state index contributed by atoms with van der Waals surface area (Å²) >= 11 is 1.33. The van der Waals surface area contributed by atoms with Gasteiger partial charge >= 0.3 is 0 Å². The minimum absolute atomic E-state index is 0.0167. The summed E-state index contributed by atoms with van der Waals surface area (Å²) < 4.78 is 0. The summed E-state index contributed by atoms with van der Waals surface area (Å²) in [6, 6.07) is 9.41. The molecule has 3 aromatic rings. The molecule has 0 amide bonds. The molecule has 0 bridgehead atoms. The normalized spacial score (nSPS) is 11.6. The van der Waals surface area contributed by atoms with Gasteiger partial charge in [0.2, 0.25) is 5.82 Å². The molecule has 0 aliphatic heterocycles. The molecular weight excluding hydrogens is 314 g/mol. The number of aliphatic hydroxyl groups excluding tert-OH is 1. The number of nitrogens with zero attached hydrogens (tertiary/aromatic N) is 3. The Morgan fingerprint density at radius 3 is 2.78 bits per heavy atom. The van der Waals surface area contributed by atoms with Crippen molar-refractivity contribution in [2.75, 3.05) is 5.73 Å². The van der Waals surface area contributed by atoms with E-state index in [1.165, 1.54) is 11.3 Å². The van der Waals surface area contributed by atoms with Crippen molar-refractivity contribution in [3.8, 4) is 0 Å². The molecule has 0 spiro atoms. The zero-order chi connectivity index (χ0) is 16.2. The predicted molar refractivity (Wildman–Crippen MR) is 87.1 cm³/mol. The van der Waals surface area contributed by atoms with E-state index < -0.39 is 0 Å². The lowest BCUT2D eigenvalue weighted by Crippen LogP contribution is -1.95. The fourth-order valence-electron chi connectivity index (χ4n) is 2.00. The first-order chi connectivity index (χ1) is 11.1. The first-order valence-corrected chi connectivity index (χ1v) is 7.60. The number of H-pyrrole nitrogens is 1. The predicted octanol–water partition coefficient (Wildman–Crippen LogP) is 2.22. The second-order valence-corrected chi connectivity index (χ2v) is 5.78. The third-order valence-corrected chi connectivity index (χ3v) is 4.12. The van der Waals surface area contributed by atoms with E-state index in [2.05, 4.69) is 20.6 Å². The maximum atomic E-state index is 12.1. The van der Waals surface area contributed by atoms with Gasteiger partial charge in [0, 0.05) is 11.8 Å². The zero-order valence-corrected chi connectivity index (χ0v) is 12.7. The molecular formula is C15H13N5O2S. The smallest absolute Gasteiger partial charge is 0.239 e. The largest absolute Gasteiger partial charge is 0.504 e. The quantitative estimate of drug-likeness (QED) is 0.286. The summed E-state index contributed by atoms with van der Waals surface area (Å²) in [7, 11) is 0. The minimum Gasteiger partial charge on any atom is -0.504 e. The second kappa shape index (κ2) is 6.41. The number of thiophene rings is 1. The van der Waals surface area contributed by atoms with E-state index >= 15 is 0 Å². The number of allylic oxidation sites excluding steroid dienone is 1. The Labute approximate surface area is 135 Å². The van der Waals surface area contributed by atoms with Gasteiger partial charge in [-0.3, -0.25) is 4.79 Å². The Bertz CT molecular complexity index is 837. The van der Waals surface area contributed by atoms with Crippen molar-refractivity contribution in [3.05, 3.63) is 63.6 Å².